The first kappa shape index (κ1) is 41.6. The first-order chi connectivity index (χ1) is 26.0. The monoisotopic (exact) mass is 780 g/mol. The van der Waals surface area contributed by atoms with Crippen LogP contribution in [-0.4, -0.2) is 63.1 Å². The van der Waals surface area contributed by atoms with Crippen molar-refractivity contribution < 1.29 is 73.8 Å². The Balaban J connectivity index is 0.000000245. The number of carbonyl (C=O) groups is 2. The van der Waals surface area contributed by atoms with Crippen LogP contribution < -0.4 is 28.4 Å². The van der Waals surface area contributed by atoms with Crippen molar-refractivity contribution in [2.75, 3.05) is 28.4 Å². The highest BCUT2D eigenvalue weighted by molar-refractivity contribution is 5.93. The fourth-order valence-electron chi connectivity index (χ4n) is 4.89. The molecule has 2 atom stereocenters. The lowest BCUT2D eigenvalue weighted by Crippen LogP contribution is -2.17. The van der Waals surface area contributed by atoms with E-state index in [9.17, 15) is 35.9 Å². The molecule has 0 amide bonds. The third-order valence-electron chi connectivity index (χ3n) is 7.59. The zero-order chi connectivity index (χ0) is 40.5. The number of nitrogens with zero attached hydrogens (tertiary/aromatic N) is 2. The minimum absolute atomic E-state index is 0.00992. The van der Waals surface area contributed by atoms with Gasteiger partial charge in [0.05, 0.1) is 34.1 Å². The summed E-state index contributed by atoms with van der Waals surface area (Å²) in [5.74, 6) is -1.01. The summed E-state index contributed by atoms with van der Waals surface area (Å²) in [6.07, 6.45) is -2.60. The summed E-state index contributed by atoms with van der Waals surface area (Å²) in [7, 11) is 4.98. The van der Waals surface area contributed by atoms with Crippen LogP contribution >= 0.6 is 0 Å². The Morgan fingerprint density at radius 3 is 1.53 bits per heavy atom. The lowest BCUT2D eigenvalue weighted by Gasteiger charge is -2.15. The number of rotatable bonds is 12. The molecular weight excluding hydrogens is 746 g/mol. The molecule has 12 nitrogen and oxygen atoms in total. The van der Waals surface area contributed by atoms with Gasteiger partial charge in [-0.05, 0) is 49.6 Å². The molecule has 55 heavy (non-hydrogen) atoms. The van der Waals surface area contributed by atoms with Crippen molar-refractivity contribution in [3.8, 4) is 46.0 Å². The van der Waals surface area contributed by atoms with Gasteiger partial charge in [-0.1, -0.05) is 13.0 Å². The standard InChI is InChI=1S/C19H18F3NO5.C18H16F3NO5/c1-10-6-12(10)14-8-16(13(9-23-14)18(24)26-3)27-15-5-4-11(7-17(15)25-2)28-19(20,21)22;1-4-5-11-8-15(13(10-22-11)17(23)25-3)26-14-7-6-12(9-16(14)24-2)27-18(19,20)21/h4-5,7-10,12H,6H2,1-3H3;4-10H,1-3H3/b;5-4+/t10-,12?;/m0./s1. The largest absolute Gasteiger partial charge is 0.573 e. The molecule has 0 aliphatic heterocycles. The quantitative estimate of drug-likeness (QED) is 0.100. The summed E-state index contributed by atoms with van der Waals surface area (Å²) in [6, 6.07) is 9.86. The number of halogens is 6. The van der Waals surface area contributed by atoms with E-state index in [4.69, 9.17) is 28.4 Å². The summed E-state index contributed by atoms with van der Waals surface area (Å²) in [5, 5.41) is 0. The highest BCUT2D eigenvalue weighted by Crippen LogP contribution is 2.47. The van der Waals surface area contributed by atoms with Crippen molar-refractivity contribution in [2.45, 2.75) is 38.9 Å². The molecule has 2 aromatic heterocycles. The maximum atomic E-state index is 12.4. The average Bonchev–Trinajstić information content (AvgIpc) is 3.87. The molecule has 2 aromatic carbocycles. The highest BCUT2D eigenvalue weighted by Gasteiger charge is 2.36. The Bertz CT molecular complexity index is 2020. The summed E-state index contributed by atoms with van der Waals surface area (Å²) < 4.78 is 113. The Hall–Kier alpha value is -6.20. The molecule has 0 radical (unpaired) electrons. The zero-order valence-corrected chi connectivity index (χ0v) is 30.0. The van der Waals surface area contributed by atoms with E-state index in [1.54, 1.807) is 25.1 Å². The third-order valence-corrected chi connectivity index (χ3v) is 7.59. The van der Waals surface area contributed by atoms with Crippen LogP contribution in [0.3, 0.4) is 0 Å². The van der Waals surface area contributed by atoms with Crippen LogP contribution in [0.2, 0.25) is 0 Å². The second kappa shape index (κ2) is 17.7. The smallest absolute Gasteiger partial charge is 0.493 e. The molecule has 4 aromatic rings. The molecule has 0 N–H and O–H groups in total. The number of carbonyl (C=O) groups excluding carboxylic acids is 2. The van der Waals surface area contributed by atoms with Gasteiger partial charge < -0.3 is 37.9 Å². The van der Waals surface area contributed by atoms with E-state index >= 15 is 0 Å². The van der Waals surface area contributed by atoms with E-state index in [1.807, 2.05) is 0 Å². The molecule has 2 heterocycles. The van der Waals surface area contributed by atoms with Crippen molar-refractivity contribution in [2.24, 2.45) is 5.92 Å². The topological polar surface area (TPSA) is 134 Å². The minimum atomic E-state index is -4.84. The van der Waals surface area contributed by atoms with Gasteiger partial charge in [-0.3, -0.25) is 9.97 Å². The molecule has 0 spiro atoms. The van der Waals surface area contributed by atoms with Gasteiger partial charge in [0, 0.05) is 48.3 Å². The number of pyridine rings is 2. The molecular formula is C37H34F6N2O10. The van der Waals surface area contributed by atoms with Crippen LogP contribution in [-0.2, 0) is 9.47 Å². The van der Waals surface area contributed by atoms with E-state index in [0.29, 0.717) is 11.6 Å². The molecule has 1 aliphatic carbocycles. The van der Waals surface area contributed by atoms with Crippen LogP contribution in [0.25, 0.3) is 6.08 Å². The lowest BCUT2D eigenvalue weighted by atomic mass is 10.1. The summed E-state index contributed by atoms with van der Waals surface area (Å²) in [5.41, 5.74) is 1.42. The highest BCUT2D eigenvalue weighted by atomic mass is 19.4. The minimum Gasteiger partial charge on any atom is -0.493 e. The van der Waals surface area contributed by atoms with Crippen LogP contribution in [0.5, 0.6) is 46.0 Å². The van der Waals surface area contributed by atoms with Crippen molar-refractivity contribution >= 4 is 18.0 Å². The van der Waals surface area contributed by atoms with Gasteiger partial charge in [-0.2, -0.15) is 0 Å². The SMILES string of the molecule is C/C=C/c1cc(Oc2ccc(OC(F)(F)F)cc2OC)c(C(=O)OC)cn1.COC(=O)c1cnc(C2C[C@@H]2C)cc1Oc1ccc(OC(F)(F)F)cc1OC. The van der Waals surface area contributed by atoms with Crippen LogP contribution in [0.1, 0.15) is 58.3 Å². The number of esters is 2. The zero-order valence-electron chi connectivity index (χ0n) is 30.0. The van der Waals surface area contributed by atoms with Gasteiger partial charge in [0.15, 0.2) is 23.0 Å². The van der Waals surface area contributed by atoms with Crippen molar-refractivity contribution in [3.05, 3.63) is 89.5 Å². The fraction of sp³-hybridized carbons (Fsp3) is 0.297. The third kappa shape index (κ3) is 11.6. The van der Waals surface area contributed by atoms with E-state index in [2.05, 4.69) is 26.4 Å². The number of aromatic nitrogens is 2. The summed E-state index contributed by atoms with van der Waals surface area (Å²) in [4.78, 5) is 32.3. The summed E-state index contributed by atoms with van der Waals surface area (Å²) in [6.45, 7) is 3.88. The van der Waals surface area contributed by atoms with Crippen molar-refractivity contribution in [3.63, 3.8) is 0 Å². The Labute approximate surface area is 310 Å². The number of hydrogen-bond donors (Lipinski definition) is 0. The average molecular weight is 781 g/mol. The lowest BCUT2D eigenvalue weighted by molar-refractivity contribution is -0.275. The normalized spacial score (nSPS) is 14.9. The Morgan fingerprint density at radius 2 is 1.13 bits per heavy atom. The number of hydrogen-bond acceptors (Lipinski definition) is 12. The number of alkyl halides is 6. The van der Waals surface area contributed by atoms with Crippen molar-refractivity contribution in [1.29, 1.82) is 0 Å². The predicted molar refractivity (Wildman–Crippen MR) is 182 cm³/mol. The molecule has 5 rings (SSSR count). The predicted octanol–water partition coefficient (Wildman–Crippen LogP) is 9.29. The van der Waals surface area contributed by atoms with Gasteiger partial charge in [0.1, 0.15) is 34.1 Å². The second-order valence-corrected chi connectivity index (χ2v) is 11.4. The molecule has 0 saturated heterocycles. The fourth-order valence-corrected chi connectivity index (χ4v) is 4.89. The van der Waals surface area contributed by atoms with Gasteiger partial charge in [-0.15, -0.1) is 26.3 Å². The van der Waals surface area contributed by atoms with Crippen molar-refractivity contribution in [1.82, 2.24) is 9.97 Å². The molecule has 1 unspecified atom stereocenters. The summed E-state index contributed by atoms with van der Waals surface area (Å²) >= 11 is 0. The van der Waals surface area contributed by atoms with E-state index in [0.717, 1.165) is 36.4 Å². The van der Waals surface area contributed by atoms with E-state index < -0.39 is 36.2 Å². The number of ether oxygens (including phenoxy) is 8. The van der Waals surface area contributed by atoms with Gasteiger partial charge in [0.25, 0.3) is 0 Å². The van der Waals surface area contributed by atoms with Gasteiger partial charge in [0.2, 0.25) is 0 Å². The first-order valence-electron chi connectivity index (χ1n) is 16.0. The van der Waals surface area contributed by atoms with Crippen LogP contribution in [0, 0.1) is 5.92 Å². The number of methoxy groups -OCH3 is 4. The second-order valence-electron chi connectivity index (χ2n) is 11.4. The van der Waals surface area contributed by atoms with E-state index in [-0.39, 0.29) is 51.5 Å². The maximum absolute atomic E-state index is 12.4. The number of allylic oxidation sites excluding steroid dienone is 1. The Morgan fingerprint density at radius 1 is 0.673 bits per heavy atom. The van der Waals surface area contributed by atoms with Crippen LogP contribution in [0.15, 0.2) is 67.0 Å². The molecule has 0 bridgehead atoms. The number of benzene rings is 2. The van der Waals surface area contributed by atoms with E-state index in [1.165, 1.54) is 59.0 Å². The van der Waals surface area contributed by atoms with Gasteiger partial charge in [-0.25, -0.2) is 9.59 Å². The Kier molecular flexibility index (Phi) is 13.4. The molecule has 1 saturated carbocycles. The molecule has 1 fully saturated rings. The first-order valence-corrected chi connectivity index (χ1v) is 16.0. The maximum Gasteiger partial charge on any atom is 0.573 e. The van der Waals surface area contributed by atoms with Crippen LogP contribution in [0.4, 0.5) is 26.3 Å². The molecule has 18 heteroatoms. The molecule has 1 aliphatic rings. The molecule has 294 valence electrons. The van der Waals surface area contributed by atoms with Gasteiger partial charge >= 0.3 is 24.7 Å².